The molecule has 1 fully saturated rings. The average molecular weight is 213 g/mol. The van der Waals surface area contributed by atoms with E-state index in [1.165, 1.54) is 6.07 Å². The maximum absolute atomic E-state index is 11.3. The lowest BCUT2D eigenvalue weighted by Crippen LogP contribution is -2.12. The third kappa shape index (κ3) is 1.69. The minimum absolute atomic E-state index is 0.103. The molecule has 0 amide bonds. The highest BCUT2D eigenvalue weighted by atomic mass is 35.5. The van der Waals surface area contributed by atoms with E-state index >= 15 is 0 Å². The van der Waals surface area contributed by atoms with E-state index in [1.807, 2.05) is 0 Å². The first-order valence-electron chi connectivity index (χ1n) is 4.69. The second-order valence-electron chi connectivity index (χ2n) is 4.50. The predicted molar refractivity (Wildman–Crippen MR) is 55.6 cm³/mol. The van der Waals surface area contributed by atoms with Gasteiger partial charge in [-0.3, -0.25) is 4.79 Å². The van der Waals surface area contributed by atoms with E-state index in [9.17, 15) is 4.79 Å². The largest absolute Gasteiger partial charge is 0.310 e. The lowest BCUT2D eigenvalue weighted by atomic mass is 10.1. The molecule has 1 N–H and O–H groups in total. The van der Waals surface area contributed by atoms with Gasteiger partial charge >= 0.3 is 0 Å². The number of nitrogens with zero attached hydrogens (tertiary/aromatic N) is 1. The molecule has 0 bridgehead atoms. The van der Waals surface area contributed by atoms with Gasteiger partial charge in [0.2, 0.25) is 0 Å². The zero-order valence-electron chi connectivity index (χ0n) is 8.30. The van der Waals surface area contributed by atoms with Crippen LogP contribution < -0.4 is 5.56 Å². The number of nitrogens with one attached hydrogen (secondary N) is 1. The minimum atomic E-state index is -0.103. The number of aromatic nitrogens is 2. The van der Waals surface area contributed by atoms with E-state index in [2.05, 4.69) is 23.8 Å². The lowest BCUT2D eigenvalue weighted by molar-refractivity contribution is 0.606. The van der Waals surface area contributed by atoms with Crippen molar-refractivity contribution in [3.05, 3.63) is 27.9 Å². The summed E-state index contributed by atoms with van der Waals surface area (Å²) in [6.45, 7) is 4.34. The molecule has 1 atom stereocenters. The summed E-state index contributed by atoms with van der Waals surface area (Å²) >= 11 is 5.65. The van der Waals surface area contributed by atoms with Crippen molar-refractivity contribution in [3.8, 4) is 0 Å². The molecule has 1 aromatic heterocycles. The number of alkyl halides is 1. The number of halogens is 1. The monoisotopic (exact) mass is 212 g/mol. The molecule has 14 heavy (non-hydrogen) atoms. The molecule has 1 aliphatic rings. The number of aromatic amines is 1. The smallest absolute Gasteiger partial charge is 0.251 e. The Hall–Kier alpha value is -0.830. The fraction of sp³-hybridized carbons (Fsp3) is 0.600. The van der Waals surface area contributed by atoms with Crippen molar-refractivity contribution in [2.75, 3.05) is 0 Å². The summed E-state index contributed by atoms with van der Waals surface area (Å²) in [5.41, 5.74) is 0.836. The van der Waals surface area contributed by atoms with Crippen LogP contribution in [0, 0.1) is 5.41 Å². The van der Waals surface area contributed by atoms with E-state index in [1.54, 1.807) is 0 Å². The first-order valence-corrected chi connectivity index (χ1v) is 5.22. The Labute approximate surface area is 87.5 Å². The minimum Gasteiger partial charge on any atom is -0.310 e. The Kier molecular flexibility index (Phi) is 2.14. The van der Waals surface area contributed by atoms with Crippen LogP contribution in [0.5, 0.6) is 0 Å². The molecule has 1 saturated carbocycles. The van der Waals surface area contributed by atoms with Gasteiger partial charge in [-0.05, 0) is 11.8 Å². The van der Waals surface area contributed by atoms with E-state index in [-0.39, 0.29) is 11.0 Å². The lowest BCUT2D eigenvalue weighted by Gasteiger charge is -2.03. The van der Waals surface area contributed by atoms with Gasteiger partial charge in [0.1, 0.15) is 5.82 Å². The van der Waals surface area contributed by atoms with Crippen LogP contribution in [0.2, 0.25) is 0 Å². The number of rotatable bonds is 2. The summed E-state index contributed by atoms with van der Waals surface area (Å²) in [4.78, 5) is 18.4. The van der Waals surface area contributed by atoms with Crippen LogP contribution in [0.3, 0.4) is 0 Å². The van der Waals surface area contributed by atoms with Crippen LogP contribution in [-0.4, -0.2) is 9.97 Å². The van der Waals surface area contributed by atoms with E-state index < -0.39 is 0 Å². The quantitative estimate of drug-likeness (QED) is 0.763. The van der Waals surface area contributed by atoms with Crippen LogP contribution in [0.4, 0.5) is 0 Å². The molecule has 0 spiro atoms. The molecule has 1 aliphatic carbocycles. The topological polar surface area (TPSA) is 45.8 Å². The molecule has 1 heterocycles. The van der Waals surface area contributed by atoms with Crippen LogP contribution in [-0.2, 0) is 5.88 Å². The molecule has 2 rings (SSSR count). The molecule has 0 saturated heterocycles. The van der Waals surface area contributed by atoms with Crippen LogP contribution in [0.1, 0.15) is 37.7 Å². The van der Waals surface area contributed by atoms with E-state index in [4.69, 9.17) is 11.6 Å². The zero-order chi connectivity index (χ0) is 10.3. The van der Waals surface area contributed by atoms with Crippen molar-refractivity contribution in [2.24, 2.45) is 5.41 Å². The van der Waals surface area contributed by atoms with Crippen molar-refractivity contribution in [1.82, 2.24) is 9.97 Å². The van der Waals surface area contributed by atoms with Crippen LogP contribution >= 0.6 is 11.6 Å². The molecule has 0 aromatic carbocycles. The van der Waals surface area contributed by atoms with E-state index in [0.717, 1.165) is 12.2 Å². The Morgan fingerprint density at radius 1 is 1.71 bits per heavy atom. The average Bonchev–Trinajstić information content (AvgIpc) is 2.74. The SMILES string of the molecule is CC1(C)CC1c1nc(CCl)cc(=O)[nH]1. The Morgan fingerprint density at radius 2 is 2.36 bits per heavy atom. The summed E-state index contributed by atoms with van der Waals surface area (Å²) in [5, 5.41) is 0. The van der Waals surface area contributed by atoms with Crippen molar-refractivity contribution >= 4 is 11.6 Å². The first-order chi connectivity index (χ1) is 6.53. The maximum atomic E-state index is 11.3. The van der Waals surface area contributed by atoms with Gasteiger partial charge in [0.25, 0.3) is 5.56 Å². The van der Waals surface area contributed by atoms with Crippen LogP contribution in [0.15, 0.2) is 10.9 Å². The van der Waals surface area contributed by atoms with Crippen molar-refractivity contribution in [1.29, 1.82) is 0 Å². The molecular weight excluding hydrogens is 200 g/mol. The Morgan fingerprint density at radius 3 is 2.86 bits per heavy atom. The predicted octanol–water partition coefficient (Wildman–Crippen LogP) is 2.02. The van der Waals surface area contributed by atoms with Gasteiger partial charge in [-0.1, -0.05) is 13.8 Å². The number of H-pyrrole nitrogens is 1. The van der Waals surface area contributed by atoms with Gasteiger partial charge in [0.05, 0.1) is 11.6 Å². The third-order valence-corrected chi connectivity index (χ3v) is 3.07. The summed E-state index contributed by atoms with van der Waals surface area (Å²) < 4.78 is 0. The molecule has 1 unspecified atom stereocenters. The number of hydrogen-bond donors (Lipinski definition) is 1. The number of hydrogen-bond acceptors (Lipinski definition) is 2. The van der Waals surface area contributed by atoms with Gasteiger partial charge < -0.3 is 4.98 Å². The summed E-state index contributed by atoms with van der Waals surface area (Å²) in [6.07, 6.45) is 1.08. The molecule has 3 nitrogen and oxygen atoms in total. The molecule has 0 radical (unpaired) electrons. The van der Waals surface area contributed by atoms with Gasteiger partial charge in [-0.25, -0.2) is 4.98 Å². The highest BCUT2D eigenvalue weighted by Crippen LogP contribution is 2.57. The van der Waals surface area contributed by atoms with Gasteiger partial charge in [-0.15, -0.1) is 11.6 Å². The highest BCUT2D eigenvalue weighted by molar-refractivity contribution is 6.16. The van der Waals surface area contributed by atoms with Crippen molar-refractivity contribution in [2.45, 2.75) is 32.1 Å². The summed E-state index contributed by atoms with van der Waals surface area (Å²) in [6, 6.07) is 1.45. The molecule has 4 heteroatoms. The fourth-order valence-electron chi connectivity index (χ4n) is 1.70. The molecule has 1 aromatic rings. The second-order valence-corrected chi connectivity index (χ2v) is 4.77. The van der Waals surface area contributed by atoms with Crippen molar-refractivity contribution in [3.63, 3.8) is 0 Å². The molecular formula is C10H13ClN2O. The standard InChI is InChI=1S/C10H13ClN2O/c1-10(2)4-7(10)9-12-6(5-11)3-8(14)13-9/h3,7H,4-5H2,1-2H3,(H,12,13,14). The van der Waals surface area contributed by atoms with E-state index in [0.29, 0.717) is 17.5 Å². The van der Waals surface area contributed by atoms with Crippen molar-refractivity contribution < 1.29 is 0 Å². The second kappa shape index (κ2) is 3.09. The fourth-order valence-corrected chi connectivity index (χ4v) is 1.83. The first kappa shape index (κ1) is 9.71. The molecule has 0 aliphatic heterocycles. The molecule has 76 valence electrons. The van der Waals surface area contributed by atoms with Gasteiger partial charge in [0.15, 0.2) is 0 Å². The Balaban J connectivity index is 2.36. The Bertz CT molecular complexity index is 411. The van der Waals surface area contributed by atoms with Crippen LogP contribution in [0.25, 0.3) is 0 Å². The van der Waals surface area contributed by atoms with Gasteiger partial charge in [0, 0.05) is 12.0 Å². The zero-order valence-corrected chi connectivity index (χ0v) is 9.06. The normalized spacial score (nSPS) is 23.5. The highest BCUT2D eigenvalue weighted by Gasteiger charge is 2.48. The van der Waals surface area contributed by atoms with Gasteiger partial charge in [-0.2, -0.15) is 0 Å². The summed E-state index contributed by atoms with van der Waals surface area (Å²) in [5.74, 6) is 1.47. The summed E-state index contributed by atoms with van der Waals surface area (Å²) in [7, 11) is 0. The third-order valence-electron chi connectivity index (χ3n) is 2.79. The maximum Gasteiger partial charge on any atom is 0.251 e.